The maximum Gasteiger partial charge on any atom is 0.0390 e. The van der Waals surface area contributed by atoms with Crippen molar-refractivity contribution in [3.05, 3.63) is 35.9 Å². The van der Waals surface area contributed by atoms with Crippen molar-refractivity contribution in [2.45, 2.75) is 19.3 Å². The molecular weight excluding hydrogens is 170 g/mol. The maximum absolute atomic E-state index is 5.99. The predicted molar refractivity (Wildman–Crippen MR) is 59.7 cm³/mol. The van der Waals surface area contributed by atoms with E-state index in [4.69, 9.17) is 5.73 Å². The van der Waals surface area contributed by atoms with Crippen LogP contribution in [-0.2, 0) is 0 Å². The standard InChI is InChI=1S/C13H15N/c14-13-4-2-1-3-11(13)12-8-9-5-6-10(12)7-9/h1-4,8-10H,5-7,14H2. The average Bonchev–Trinajstić information content (AvgIpc) is 2.79. The van der Waals surface area contributed by atoms with Crippen LogP contribution in [0.3, 0.4) is 0 Å². The van der Waals surface area contributed by atoms with Gasteiger partial charge < -0.3 is 5.73 Å². The molecule has 0 saturated heterocycles. The topological polar surface area (TPSA) is 26.0 Å². The SMILES string of the molecule is Nc1ccccc1C1=CC2CCC1C2. The highest BCUT2D eigenvalue weighted by atomic mass is 14.6. The van der Waals surface area contributed by atoms with Crippen molar-refractivity contribution in [3.63, 3.8) is 0 Å². The van der Waals surface area contributed by atoms with Crippen LogP contribution >= 0.6 is 0 Å². The fraction of sp³-hybridized carbons (Fsp3) is 0.385. The average molecular weight is 185 g/mol. The van der Waals surface area contributed by atoms with Crippen LogP contribution < -0.4 is 5.73 Å². The van der Waals surface area contributed by atoms with E-state index in [9.17, 15) is 0 Å². The molecule has 14 heavy (non-hydrogen) atoms. The molecule has 1 aromatic carbocycles. The summed E-state index contributed by atoms with van der Waals surface area (Å²) in [5.74, 6) is 1.64. The molecule has 1 aromatic rings. The van der Waals surface area contributed by atoms with E-state index in [0.717, 1.165) is 17.5 Å². The molecule has 0 heterocycles. The molecule has 2 aliphatic carbocycles. The second-order valence-electron chi connectivity index (χ2n) is 4.48. The molecule has 0 spiro atoms. The third kappa shape index (κ3) is 1.08. The van der Waals surface area contributed by atoms with Crippen LogP contribution in [0.25, 0.3) is 5.57 Å². The van der Waals surface area contributed by atoms with E-state index >= 15 is 0 Å². The molecule has 2 atom stereocenters. The van der Waals surface area contributed by atoms with Gasteiger partial charge in [0, 0.05) is 11.3 Å². The fourth-order valence-corrected chi connectivity index (χ4v) is 2.91. The lowest BCUT2D eigenvalue weighted by Gasteiger charge is -2.15. The van der Waals surface area contributed by atoms with Crippen molar-refractivity contribution in [1.29, 1.82) is 0 Å². The highest BCUT2D eigenvalue weighted by molar-refractivity contribution is 5.78. The van der Waals surface area contributed by atoms with Crippen molar-refractivity contribution in [2.24, 2.45) is 11.8 Å². The molecule has 0 radical (unpaired) electrons. The highest BCUT2D eigenvalue weighted by Gasteiger charge is 2.33. The van der Waals surface area contributed by atoms with Gasteiger partial charge in [0.05, 0.1) is 0 Å². The highest BCUT2D eigenvalue weighted by Crippen LogP contribution is 2.48. The first-order chi connectivity index (χ1) is 6.84. The van der Waals surface area contributed by atoms with Crippen LogP contribution in [-0.4, -0.2) is 0 Å². The zero-order valence-electron chi connectivity index (χ0n) is 8.24. The third-order valence-electron chi connectivity index (χ3n) is 3.60. The summed E-state index contributed by atoms with van der Waals surface area (Å²) in [5.41, 5.74) is 9.72. The summed E-state index contributed by atoms with van der Waals surface area (Å²) in [6.07, 6.45) is 6.56. The summed E-state index contributed by atoms with van der Waals surface area (Å²) in [7, 11) is 0. The number of anilines is 1. The van der Waals surface area contributed by atoms with Crippen LogP contribution in [0.2, 0.25) is 0 Å². The van der Waals surface area contributed by atoms with Gasteiger partial charge in [-0.15, -0.1) is 0 Å². The van der Waals surface area contributed by atoms with Gasteiger partial charge in [0.25, 0.3) is 0 Å². The summed E-state index contributed by atoms with van der Waals surface area (Å²) in [5, 5.41) is 0. The van der Waals surface area contributed by atoms with E-state index in [2.05, 4.69) is 18.2 Å². The molecule has 3 rings (SSSR count). The monoisotopic (exact) mass is 185 g/mol. The smallest absolute Gasteiger partial charge is 0.0390 e. The number of nitrogens with two attached hydrogens (primary N) is 1. The van der Waals surface area contributed by atoms with E-state index < -0.39 is 0 Å². The van der Waals surface area contributed by atoms with Gasteiger partial charge >= 0.3 is 0 Å². The summed E-state index contributed by atoms with van der Waals surface area (Å²) in [4.78, 5) is 0. The first-order valence-electron chi connectivity index (χ1n) is 5.41. The zero-order valence-corrected chi connectivity index (χ0v) is 8.24. The second kappa shape index (κ2) is 2.88. The number of benzene rings is 1. The fourth-order valence-electron chi connectivity index (χ4n) is 2.91. The lowest BCUT2D eigenvalue weighted by Crippen LogP contribution is -2.00. The minimum atomic E-state index is 0.796. The Balaban J connectivity index is 2.04. The van der Waals surface area contributed by atoms with Gasteiger partial charge in [-0.3, -0.25) is 0 Å². The van der Waals surface area contributed by atoms with Crippen LogP contribution in [0.15, 0.2) is 30.3 Å². The molecule has 1 saturated carbocycles. The van der Waals surface area contributed by atoms with Crippen LogP contribution in [0.4, 0.5) is 5.69 Å². The quantitative estimate of drug-likeness (QED) is 0.668. The Hall–Kier alpha value is -1.24. The molecule has 2 bridgehead atoms. The van der Waals surface area contributed by atoms with E-state index in [1.54, 1.807) is 0 Å². The lowest BCUT2D eigenvalue weighted by molar-refractivity contribution is 0.695. The number of fused-ring (bicyclic) bond motifs is 2. The zero-order chi connectivity index (χ0) is 9.54. The maximum atomic E-state index is 5.99. The van der Waals surface area contributed by atoms with Crippen molar-refractivity contribution in [1.82, 2.24) is 0 Å². The Kier molecular flexibility index (Phi) is 1.66. The Morgan fingerprint density at radius 1 is 1.14 bits per heavy atom. The first kappa shape index (κ1) is 8.10. The minimum absolute atomic E-state index is 0.796. The minimum Gasteiger partial charge on any atom is -0.398 e. The Morgan fingerprint density at radius 3 is 2.64 bits per heavy atom. The Labute approximate surface area is 84.6 Å². The number of hydrogen-bond donors (Lipinski definition) is 1. The van der Waals surface area contributed by atoms with E-state index in [0.29, 0.717) is 0 Å². The molecule has 1 heteroatoms. The van der Waals surface area contributed by atoms with Gasteiger partial charge in [0.2, 0.25) is 0 Å². The summed E-state index contributed by atoms with van der Waals surface area (Å²) < 4.78 is 0. The summed E-state index contributed by atoms with van der Waals surface area (Å²) in [6.45, 7) is 0. The van der Waals surface area contributed by atoms with E-state index in [1.165, 1.54) is 30.4 Å². The van der Waals surface area contributed by atoms with Gasteiger partial charge in [-0.1, -0.05) is 24.3 Å². The Bertz CT molecular complexity index is 392. The van der Waals surface area contributed by atoms with E-state index in [-0.39, 0.29) is 0 Å². The molecule has 0 aliphatic heterocycles. The van der Waals surface area contributed by atoms with Gasteiger partial charge in [-0.2, -0.15) is 0 Å². The first-order valence-corrected chi connectivity index (χ1v) is 5.41. The Morgan fingerprint density at radius 2 is 2.00 bits per heavy atom. The number of nitrogen functional groups attached to an aromatic ring is 1. The molecule has 72 valence electrons. The van der Waals surface area contributed by atoms with Gasteiger partial charge in [0.15, 0.2) is 0 Å². The molecule has 0 amide bonds. The number of allylic oxidation sites excluding steroid dienone is 2. The normalized spacial score (nSPS) is 29.3. The van der Waals surface area contributed by atoms with Crippen molar-refractivity contribution in [3.8, 4) is 0 Å². The predicted octanol–water partition coefficient (Wildman–Crippen LogP) is 3.08. The summed E-state index contributed by atoms with van der Waals surface area (Å²) in [6, 6.07) is 8.25. The van der Waals surface area contributed by atoms with E-state index in [1.807, 2.05) is 12.1 Å². The molecule has 2 aliphatic rings. The van der Waals surface area contributed by atoms with Crippen LogP contribution in [0.5, 0.6) is 0 Å². The molecular formula is C13H15N. The molecule has 0 aromatic heterocycles. The molecule has 2 unspecified atom stereocenters. The molecule has 2 N–H and O–H groups in total. The molecule has 1 nitrogen and oxygen atoms in total. The molecule has 1 fully saturated rings. The van der Waals surface area contributed by atoms with Gasteiger partial charge in [-0.25, -0.2) is 0 Å². The van der Waals surface area contributed by atoms with Crippen molar-refractivity contribution in [2.75, 3.05) is 5.73 Å². The second-order valence-corrected chi connectivity index (χ2v) is 4.48. The van der Waals surface area contributed by atoms with Crippen LogP contribution in [0.1, 0.15) is 24.8 Å². The summed E-state index contributed by atoms with van der Waals surface area (Å²) >= 11 is 0. The third-order valence-corrected chi connectivity index (χ3v) is 3.60. The number of hydrogen-bond acceptors (Lipinski definition) is 1. The lowest BCUT2D eigenvalue weighted by atomic mass is 9.91. The van der Waals surface area contributed by atoms with Crippen molar-refractivity contribution >= 4 is 11.3 Å². The number of rotatable bonds is 1. The van der Waals surface area contributed by atoms with Crippen LogP contribution in [0, 0.1) is 11.8 Å². The van der Waals surface area contributed by atoms with Crippen molar-refractivity contribution < 1.29 is 0 Å². The van der Waals surface area contributed by atoms with Gasteiger partial charge in [-0.05, 0) is 42.7 Å². The van der Waals surface area contributed by atoms with Gasteiger partial charge in [0.1, 0.15) is 0 Å². The largest absolute Gasteiger partial charge is 0.398 e. The number of para-hydroxylation sites is 1.